The summed E-state index contributed by atoms with van der Waals surface area (Å²) in [6.07, 6.45) is -0.393. The molecule has 0 fully saturated rings. The molecule has 2 rings (SSSR count). The molecule has 0 saturated heterocycles. The Kier molecular flexibility index (Phi) is 6.05. The van der Waals surface area contributed by atoms with Crippen LogP contribution < -0.4 is 5.32 Å². The number of nitrogens with one attached hydrogen (secondary N) is 2. The van der Waals surface area contributed by atoms with Crippen LogP contribution in [-0.4, -0.2) is 33.1 Å². The maximum atomic E-state index is 12.5. The number of carbonyl (C=O) groups excluding carboxylic acids is 2. The van der Waals surface area contributed by atoms with Gasteiger partial charge in [0, 0.05) is 0 Å². The fourth-order valence-corrected chi connectivity index (χ4v) is 2.45. The number of rotatable bonds is 7. The first-order valence-electron chi connectivity index (χ1n) is 8.04. The number of nitro groups is 1. The van der Waals surface area contributed by atoms with E-state index in [1.807, 2.05) is 0 Å². The van der Waals surface area contributed by atoms with Crippen LogP contribution in [0.2, 0.25) is 0 Å². The lowest BCUT2D eigenvalue weighted by molar-refractivity contribution is -0.385. The molecule has 0 aliphatic carbocycles. The summed E-state index contributed by atoms with van der Waals surface area (Å²) in [7, 11) is 0. The Labute approximate surface area is 149 Å². The smallest absolute Gasteiger partial charge is 0.322 e. The van der Waals surface area contributed by atoms with Crippen molar-refractivity contribution in [3.63, 3.8) is 0 Å². The zero-order valence-corrected chi connectivity index (χ0v) is 14.7. The van der Waals surface area contributed by atoms with Crippen molar-refractivity contribution in [2.24, 2.45) is 0 Å². The molecule has 2 aromatic rings. The Morgan fingerprint density at radius 1 is 1.31 bits per heavy atom. The number of esters is 1. The van der Waals surface area contributed by atoms with E-state index in [9.17, 15) is 19.7 Å². The third kappa shape index (κ3) is 4.65. The van der Waals surface area contributed by atoms with Crippen molar-refractivity contribution >= 4 is 17.6 Å². The third-order valence-electron chi connectivity index (χ3n) is 3.56. The fraction of sp³-hybridized carbons (Fsp3) is 0.353. The molecule has 1 heterocycles. The first kappa shape index (κ1) is 19.1. The minimum absolute atomic E-state index is 0.106. The Morgan fingerprint density at radius 3 is 2.54 bits per heavy atom. The monoisotopic (exact) mass is 360 g/mol. The van der Waals surface area contributed by atoms with Gasteiger partial charge in [-0.2, -0.15) is 5.10 Å². The lowest BCUT2D eigenvalue weighted by Gasteiger charge is -2.18. The number of hydrogen-bond donors (Lipinski definition) is 2. The number of hydrogen-bond acceptors (Lipinski definition) is 6. The molecule has 1 aromatic heterocycles. The van der Waals surface area contributed by atoms with Crippen LogP contribution >= 0.6 is 0 Å². The van der Waals surface area contributed by atoms with Gasteiger partial charge in [-0.1, -0.05) is 30.3 Å². The van der Waals surface area contributed by atoms with Crippen LogP contribution in [0.3, 0.4) is 0 Å². The van der Waals surface area contributed by atoms with Gasteiger partial charge in [0.2, 0.25) is 5.69 Å². The van der Waals surface area contributed by atoms with Crippen LogP contribution in [-0.2, 0) is 9.53 Å². The number of aromatic amines is 1. The normalized spacial score (nSPS) is 11.8. The molecule has 138 valence electrons. The summed E-state index contributed by atoms with van der Waals surface area (Å²) in [5.74, 6) is -1.23. The van der Waals surface area contributed by atoms with Gasteiger partial charge in [0.05, 0.1) is 23.5 Å². The molecule has 0 bridgehead atoms. The van der Waals surface area contributed by atoms with E-state index < -0.39 is 22.8 Å². The van der Waals surface area contributed by atoms with Crippen LogP contribution in [0.5, 0.6) is 0 Å². The molecule has 9 nitrogen and oxygen atoms in total. The zero-order chi connectivity index (χ0) is 19.3. The quantitative estimate of drug-likeness (QED) is 0.443. The Bertz CT molecular complexity index is 801. The average Bonchev–Trinajstić information content (AvgIpc) is 2.96. The fourth-order valence-electron chi connectivity index (χ4n) is 2.45. The largest absolute Gasteiger partial charge is 0.463 e. The minimum atomic E-state index is -0.743. The Hall–Kier alpha value is -3.23. The number of aryl methyl sites for hydroxylation is 1. The highest BCUT2D eigenvalue weighted by atomic mass is 16.6. The van der Waals surface area contributed by atoms with Gasteiger partial charge < -0.3 is 10.1 Å². The molecule has 26 heavy (non-hydrogen) atoms. The predicted molar refractivity (Wildman–Crippen MR) is 92.5 cm³/mol. The summed E-state index contributed by atoms with van der Waals surface area (Å²) in [5, 5.41) is 19.9. The molecule has 1 atom stereocenters. The molecular formula is C17H20N4O5. The number of nitrogens with zero attached hydrogens (tertiary/aromatic N) is 2. The van der Waals surface area contributed by atoms with Crippen molar-refractivity contribution in [3.8, 4) is 0 Å². The standard InChI is InChI=1S/C17H20N4O5/c1-10(2)26-14(22)9-13(12-7-5-4-6-8-12)18-17(23)15-16(21(24)25)11(3)19-20-15/h4-8,10,13H,9H2,1-3H3,(H,18,23)(H,19,20). The van der Waals surface area contributed by atoms with Crippen molar-refractivity contribution in [2.45, 2.75) is 39.3 Å². The topological polar surface area (TPSA) is 127 Å². The van der Waals surface area contributed by atoms with Crippen molar-refractivity contribution < 1.29 is 19.2 Å². The summed E-state index contributed by atoms with van der Waals surface area (Å²) in [4.78, 5) is 35.0. The SMILES string of the molecule is Cc1[nH]nc(C(=O)NC(CC(=O)OC(C)C)c2ccccc2)c1[N+](=O)[O-]. The van der Waals surface area contributed by atoms with Crippen LogP contribution in [0, 0.1) is 17.0 Å². The van der Waals surface area contributed by atoms with Gasteiger partial charge in [0.1, 0.15) is 5.69 Å². The molecule has 1 unspecified atom stereocenters. The predicted octanol–water partition coefficient (Wildman–Crippen LogP) is 2.44. The second-order valence-electron chi connectivity index (χ2n) is 5.98. The van der Waals surface area contributed by atoms with Gasteiger partial charge in [-0.3, -0.25) is 24.8 Å². The highest BCUT2D eigenvalue weighted by Gasteiger charge is 2.29. The molecule has 1 aromatic carbocycles. The van der Waals surface area contributed by atoms with Gasteiger partial charge in [-0.05, 0) is 26.3 Å². The highest BCUT2D eigenvalue weighted by Crippen LogP contribution is 2.23. The van der Waals surface area contributed by atoms with Gasteiger partial charge >= 0.3 is 11.7 Å². The molecule has 2 N–H and O–H groups in total. The van der Waals surface area contributed by atoms with E-state index >= 15 is 0 Å². The first-order chi connectivity index (χ1) is 12.3. The van der Waals surface area contributed by atoms with Crippen molar-refractivity contribution in [1.29, 1.82) is 0 Å². The van der Waals surface area contributed by atoms with Crippen molar-refractivity contribution in [2.75, 3.05) is 0 Å². The van der Waals surface area contributed by atoms with Gasteiger partial charge in [-0.25, -0.2) is 0 Å². The lowest BCUT2D eigenvalue weighted by Crippen LogP contribution is -2.31. The molecule has 0 spiro atoms. The maximum absolute atomic E-state index is 12.5. The molecular weight excluding hydrogens is 340 g/mol. The molecule has 0 saturated carbocycles. The van der Waals surface area contributed by atoms with E-state index in [4.69, 9.17) is 4.74 Å². The summed E-state index contributed by atoms with van der Waals surface area (Å²) in [5.41, 5.74) is 0.136. The minimum Gasteiger partial charge on any atom is -0.463 e. The second kappa shape index (κ2) is 8.24. The third-order valence-corrected chi connectivity index (χ3v) is 3.56. The second-order valence-corrected chi connectivity index (χ2v) is 5.98. The number of carbonyl (C=O) groups is 2. The van der Waals surface area contributed by atoms with E-state index in [2.05, 4.69) is 15.5 Å². The number of aromatic nitrogens is 2. The number of H-pyrrole nitrogens is 1. The van der Waals surface area contributed by atoms with Crippen LogP contribution in [0.4, 0.5) is 5.69 Å². The summed E-state index contributed by atoms with van der Waals surface area (Å²) < 4.78 is 5.14. The van der Waals surface area contributed by atoms with Gasteiger partial charge in [-0.15, -0.1) is 0 Å². The molecule has 0 radical (unpaired) electrons. The van der Waals surface area contributed by atoms with Crippen molar-refractivity contribution in [3.05, 3.63) is 57.4 Å². The molecule has 1 amide bonds. The molecule has 0 aliphatic rings. The van der Waals surface area contributed by atoms with Crippen molar-refractivity contribution in [1.82, 2.24) is 15.5 Å². The van der Waals surface area contributed by atoms with Gasteiger partial charge in [0.15, 0.2) is 0 Å². The van der Waals surface area contributed by atoms with E-state index in [0.29, 0.717) is 5.56 Å². The Balaban J connectivity index is 2.25. The summed E-state index contributed by atoms with van der Waals surface area (Å²) in [6, 6.07) is 8.13. The highest BCUT2D eigenvalue weighted by molar-refractivity contribution is 5.97. The van der Waals surface area contributed by atoms with E-state index in [0.717, 1.165) is 0 Å². The maximum Gasteiger partial charge on any atom is 0.322 e. The zero-order valence-electron chi connectivity index (χ0n) is 14.7. The van der Waals surface area contributed by atoms with Gasteiger partial charge in [0.25, 0.3) is 5.91 Å². The van der Waals surface area contributed by atoms with Crippen LogP contribution in [0.1, 0.15) is 48.1 Å². The van der Waals surface area contributed by atoms with E-state index in [1.165, 1.54) is 6.92 Å². The van der Waals surface area contributed by atoms with E-state index in [-0.39, 0.29) is 29.6 Å². The Morgan fingerprint density at radius 2 is 1.96 bits per heavy atom. The first-order valence-corrected chi connectivity index (χ1v) is 8.04. The number of benzene rings is 1. The number of amides is 1. The molecule has 9 heteroatoms. The van der Waals surface area contributed by atoms with Crippen LogP contribution in [0.25, 0.3) is 0 Å². The lowest BCUT2D eigenvalue weighted by atomic mass is 10.0. The van der Waals surface area contributed by atoms with E-state index in [1.54, 1.807) is 44.2 Å². The average molecular weight is 360 g/mol. The summed E-state index contributed by atoms with van der Waals surface area (Å²) in [6.45, 7) is 4.91. The number of ether oxygens (including phenoxy) is 1. The molecule has 0 aliphatic heterocycles. The van der Waals surface area contributed by atoms with Crippen LogP contribution in [0.15, 0.2) is 30.3 Å². The summed E-state index contributed by atoms with van der Waals surface area (Å²) >= 11 is 0.